The summed E-state index contributed by atoms with van der Waals surface area (Å²) in [6.07, 6.45) is -0.657. The minimum atomic E-state index is -1.02. The maximum atomic E-state index is 12.3. The highest BCUT2D eigenvalue weighted by molar-refractivity contribution is 6.30. The van der Waals surface area contributed by atoms with Crippen molar-refractivity contribution in [2.24, 2.45) is 0 Å². The van der Waals surface area contributed by atoms with Gasteiger partial charge in [0.05, 0.1) is 11.3 Å². The molecule has 3 rings (SSSR count). The van der Waals surface area contributed by atoms with Crippen LogP contribution in [0.2, 0.25) is 5.02 Å². The molecule has 0 radical (unpaired) electrons. The number of ether oxygens (including phenoxy) is 1. The molecular formula is C20H17ClN2O5. The number of nitrogens with zero attached hydrogens (tertiary/aromatic N) is 1. The molecule has 28 heavy (non-hydrogen) atoms. The highest BCUT2D eigenvalue weighted by atomic mass is 35.5. The number of carbonyl (C=O) groups is 4. The van der Waals surface area contributed by atoms with Crippen molar-refractivity contribution in [3.8, 4) is 0 Å². The first-order valence-electron chi connectivity index (χ1n) is 8.58. The average molecular weight is 401 g/mol. The van der Waals surface area contributed by atoms with E-state index in [2.05, 4.69) is 5.32 Å². The zero-order chi connectivity index (χ0) is 20.3. The number of rotatable bonds is 5. The Hall–Kier alpha value is -3.19. The quantitative estimate of drug-likeness (QED) is 0.614. The average Bonchev–Trinajstić information content (AvgIpc) is 3.02. The van der Waals surface area contributed by atoms with Crippen molar-refractivity contribution in [1.29, 1.82) is 0 Å². The molecule has 2 aromatic carbocycles. The second-order valence-electron chi connectivity index (χ2n) is 6.21. The molecule has 7 nitrogen and oxygen atoms in total. The molecule has 3 amide bonds. The van der Waals surface area contributed by atoms with E-state index in [4.69, 9.17) is 16.3 Å². The standard InChI is InChI=1S/C20H17ClN2O5/c1-12(19(26)22-15-6-4-14(21)5-7-15)28-20(27)13-2-8-16(9-3-13)23-17(24)10-11-18(23)25/h2-9,12H,10-11H2,1H3,(H,22,26)/t12-/m0/s1. The summed E-state index contributed by atoms with van der Waals surface area (Å²) in [5.41, 5.74) is 1.13. The minimum Gasteiger partial charge on any atom is -0.449 e. The van der Waals surface area contributed by atoms with E-state index in [-0.39, 0.29) is 30.2 Å². The fraction of sp³-hybridized carbons (Fsp3) is 0.200. The third kappa shape index (κ3) is 4.37. The van der Waals surface area contributed by atoms with Crippen LogP contribution < -0.4 is 10.2 Å². The monoisotopic (exact) mass is 400 g/mol. The van der Waals surface area contributed by atoms with E-state index >= 15 is 0 Å². The van der Waals surface area contributed by atoms with E-state index in [0.717, 1.165) is 4.90 Å². The van der Waals surface area contributed by atoms with Gasteiger partial charge in [0.15, 0.2) is 6.10 Å². The van der Waals surface area contributed by atoms with Gasteiger partial charge in [-0.25, -0.2) is 4.79 Å². The van der Waals surface area contributed by atoms with Crippen LogP contribution in [0, 0.1) is 0 Å². The summed E-state index contributed by atoms with van der Waals surface area (Å²) >= 11 is 5.79. The van der Waals surface area contributed by atoms with E-state index < -0.39 is 18.0 Å². The molecule has 0 saturated carbocycles. The van der Waals surface area contributed by atoms with Crippen LogP contribution in [0.1, 0.15) is 30.1 Å². The van der Waals surface area contributed by atoms with Crippen LogP contribution in [0.4, 0.5) is 11.4 Å². The van der Waals surface area contributed by atoms with Crippen molar-refractivity contribution in [2.75, 3.05) is 10.2 Å². The zero-order valence-electron chi connectivity index (χ0n) is 15.0. The molecule has 0 aromatic heterocycles. The number of imide groups is 1. The molecule has 0 spiro atoms. The van der Waals surface area contributed by atoms with Crippen LogP contribution in [0.25, 0.3) is 0 Å². The highest BCUT2D eigenvalue weighted by Gasteiger charge is 2.30. The van der Waals surface area contributed by atoms with E-state index in [1.807, 2.05) is 0 Å². The van der Waals surface area contributed by atoms with Crippen LogP contribution in [0.5, 0.6) is 0 Å². The molecule has 1 N–H and O–H groups in total. The number of amides is 3. The molecule has 1 aliphatic heterocycles. The minimum absolute atomic E-state index is 0.183. The van der Waals surface area contributed by atoms with Crippen molar-refractivity contribution in [3.05, 3.63) is 59.1 Å². The van der Waals surface area contributed by atoms with Crippen molar-refractivity contribution in [1.82, 2.24) is 0 Å². The second kappa shape index (κ2) is 8.22. The Morgan fingerprint density at radius 1 is 1.00 bits per heavy atom. The van der Waals surface area contributed by atoms with Crippen LogP contribution in [0.15, 0.2) is 48.5 Å². The molecule has 1 fully saturated rings. The van der Waals surface area contributed by atoms with Gasteiger partial charge < -0.3 is 10.1 Å². The molecule has 144 valence electrons. The number of anilines is 2. The molecule has 1 aliphatic rings. The van der Waals surface area contributed by atoms with Gasteiger partial charge in [-0.15, -0.1) is 0 Å². The molecule has 1 heterocycles. The first kappa shape index (κ1) is 19.6. The molecular weight excluding hydrogens is 384 g/mol. The lowest BCUT2D eigenvalue weighted by atomic mass is 10.2. The van der Waals surface area contributed by atoms with Crippen molar-refractivity contribution < 1.29 is 23.9 Å². The summed E-state index contributed by atoms with van der Waals surface area (Å²) in [5, 5.41) is 3.17. The Labute approximate surface area is 166 Å². The summed E-state index contributed by atoms with van der Waals surface area (Å²) < 4.78 is 5.18. The van der Waals surface area contributed by atoms with Gasteiger partial charge in [-0.3, -0.25) is 19.3 Å². The Morgan fingerprint density at radius 3 is 2.14 bits per heavy atom. The normalized spacial score (nSPS) is 14.7. The van der Waals surface area contributed by atoms with Crippen LogP contribution >= 0.6 is 11.6 Å². The molecule has 8 heteroatoms. The van der Waals surface area contributed by atoms with Crippen LogP contribution in [-0.2, 0) is 19.1 Å². The van der Waals surface area contributed by atoms with Crippen molar-refractivity contribution in [2.45, 2.75) is 25.9 Å². The number of carbonyl (C=O) groups excluding carboxylic acids is 4. The first-order valence-corrected chi connectivity index (χ1v) is 8.96. The second-order valence-corrected chi connectivity index (χ2v) is 6.65. The fourth-order valence-electron chi connectivity index (χ4n) is 2.67. The van der Waals surface area contributed by atoms with Gasteiger partial charge in [0, 0.05) is 23.6 Å². The topological polar surface area (TPSA) is 92.8 Å². The summed E-state index contributed by atoms with van der Waals surface area (Å²) in [4.78, 5) is 49.0. The third-order valence-electron chi connectivity index (χ3n) is 4.18. The Bertz CT molecular complexity index is 909. The third-order valence-corrected chi connectivity index (χ3v) is 4.43. The lowest BCUT2D eigenvalue weighted by Crippen LogP contribution is -2.30. The summed E-state index contributed by atoms with van der Waals surface area (Å²) in [7, 11) is 0. The fourth-order valence-corrected chi connectivity index (χ4v) is 2.80. The molecule has 0 aliphatic carbocycles. The van der Waals surface area contributed by atoms with Crippen molar-refractivity contribution in [3.63, 3.8) is 0 Å². The predicted molar refractivity (Wildman–Crippen MR) is 103 cm³/mol. The largest absolute Gasteiger partial charge is 0.449 e. The Balaban J connectivity index is 1.60. The summed E-state index contributed by atoms with van der Waals surface area (Å²) in [6.45, 7) is 1.46. The number of esters is 1. The Morgan fingerprint density at radius 2 is 1.57 bits per heavy atom. The summed E-state index contributed by atoms with van der Waals surface area (Å²) in [5.74, 6) is -1.72. The molecule has 1 saturated heterocycles. The molecule has 0 unspecified atom stereocenters. The lowest BCUT2D eigenvalue weighted by molar-refractivity contribution is -0.124. The maximum Gasteiger partial charge on any atom is 0.338 e. The van der Waals surface area contributed by atoms with Crippen molar-refractivity contribution >= 4 is 46.7 Å². The molecule has 1 atom stereocenters. The van der Waals surface area contributed by atoms with Gasteiger partial charge in [-0.05, 0) is 55.5 Å². The SMILES string of the molecule is C[C@H](OC(=O)c1ccc(N2C(=O)CCC2=O)cc1)C(=O)Nc1ccc(Cl)cc1. The van der Waals surface area contributed by atoms with Gasteiger partial charge >= 0.3 is 5.97 Å². The van der Waals surface area contributed by atoms with Gasteiger partial charge in [-0.1, -0.05) is 11.6 Å². The Kier molecular flexibility index (Phi) is 5.75. The van der Waals surface area contributed by atoms with E-state index in [9.17, 15) is 19.2 Å². The number of hydrogen-bond acceptors (Lipinski definition) is 5. The van der Waals surface area contributed by atoms with E-state index in [0.29, 0.717) is 16.4 Å². The summed E-state index contributed by atoms with van der Waals surface area (Å²) in [6, 6.07) is 12.4. The van der Waals surface area contributed by atoms with E-state index in [1.165, 1.54) is 31.2 Å². The number of benzene rings is 2. The van der Waals surface area contributed by atoms with Gasteiger partial charge in [0.1, 0.15) is 0 Å². The predicted octanol–water partition coefficient (Wildman–Crippen LogP) is 3.18. The van der Waals surface area contributed by atoms with E-state index in [1.54, 1.807) is 24.3 Å². The number of hydrogen-bond donors (Lipinski definition) is 1. The van der Waals surface area contributed by atoms with Gasteiger partial charge in [0.25, 0.3) is 5.91 Å². The lowest BCUT2D eigenvalue weighted by Gasteiger charge is -2.15. The van der Waals surface area contributed by atoms with Crippen LogP contribution in [-0.4, -0.2) is 29.8 Å². The van der Waals surface area contributed by atoms with Gasteiger partial charge in [-0.2, -0.15) is 0 Å². The van der Waals surface area contributed by atoms with Gasteiger partial charge in [0.2, 0.25) is 11.8 Å². The number of nitrogens with one attached hydrogen (secondary N) is 1. The molecule has 2 aromatic rings. The molecule has 0 bridgehead atoms. The van der Waals surface area contributed by atoms with Crippen LogP contribution in [0.3, 0.4) is 0 Å². The zero-order valence-corrected chi connectivity index (χ0v) is 15.7. The maximum absolute atomic E-state index is 12.3. The smallest absolute Gasteiger partial charge is 0.338 e. The number of halogens is 1. The highest BCUT2D eigenvalue weighted by Crippen LogP contribution is 2.23. The first-order chi connectivity index (χ1) is 13.3.